The smallest absolute Gasteiger partial charge is 0.418 e. The zero-order valence-corrected chi connectivity index (χ0v) is 29.0. The first-order valence-electron chi connectivity index (χ1n) is 18.2. The topological polar surface area (TPSA) is 186 Å². The van der Waals surface area contributed by atoms with E-state index in [2.05, 4.69) is 19.7 Å². The van der Waals surface area contributed by atoms with Gasteiger partial charge in [0.1, 0.15) is 22.9 Å². The minimum Gasteiger partial charge on any atom is -0.457 e. The number of oxime groups is 1. The van der Waals surface area contributed by atoms with Crippen LogP contribution in [0.3, 0.4) is 0 Å². The molecule has 4 aromatic rings. The number of hydrogen-bond acceptors (Lipinski definition) is 12. The van der Waals surface area contributed by atoms with Gasteiger partial charge in [0, 0.05) is 13.6 Å². The summed E-state index contributed by atoms with van der Waals surface area (Å²) in [5.41, 5.74) is -4.11. The van der Waals surface area contributed by atoms with Crippen LogP contribution in [0.25, 0.3) is 0 Å². The fraction of sp³-hybridized carbons (Fsp3) is 0.286. The van der Waals surface area contributed by atoms with Gasteiger partial charge in [-0.15, -0.1) is 15.6 Å². The van der Waals surface area contributed by atoms with E-state index < -0.39 is 82.0 Å². The number of thiazole rings is 1. The molecule has 0 aliphatic carbocycles. The Morgan fingerprint density at radius 2 is 1.51 bits per heavy atom. The Morgan fingerprint density at radius 1 is 0.980 bits per heavy atom. The molecule has 51 heavy (non-hydrogen) atoms. The van der Waals surface area contributed by atoms with Gasteiger partial charge in [0.05, 0.1) is 5.54 Å². The van der Waals surface area contributed by atoms with E-state index in [0.29, 0.717) is 0 Å². The summed E-state index contributed by atoms with van der Waals surface area (Å²) in [6.07, 6.45) is 0. The number of nitrogens with one attached hydrogen (secondary N) is 2. The van der Waals surface area contributed by atoms with Crippen molar-refractivity contribution in [2.24, 2.45) is 5.16 Å². The molecule has 2 amide bonds. The third-order valence-corrected chi connectivity index (χ3v) is 8.36. The molecule has 1 aromatic heterocycles. The van der Waals surface area contributed by atoms with Gasteiger partial charge in [-0.3, -0.25) is 14.1 Å². The molecule has 0 unspecified atom stereocenters. The molecule has 268 valence electrons. The number of amides is 2. The van der Waals surface area contributed by atoms with Crippen molar-refractivity contribution in [3.63, 3.8) is 0 Å². The van der Waals surface area contributed by atoms with Crippen molar-refractivity contribution in [3.05, 3.63) is 119 Å². The summed E-state index contributed by atoms with van der Waals surface area (Å²) in [5.74, 6) is -3.96. The zero-order chi connectivity index (χ0) is 42.0. The Labute approximate surface area is 307 Å². The maximum atomic E-state index is 14.0. The van der Waals surface area contributed by atoms with E-state index in [9.17, 15) is 27.4 Å². The molecule has 0 radical (unpaired) electrons. The Balaban J connectivity index is 1.59. The maximum Gasteiger partial charge on any atom is 0.418 e. The summed E-state index contributed by atoms with van der Waals surface area (Å²) in [6.45, 7) is -3.54. The third-order valence-electron chi connectivity index (χ3n) is 7.26. The van der Waals surface area contributed by atoms with Crippen LogP contribution >= 0.6 is 11.3 Å². The summed E-state index contributed by atoms with van der Waals surface area (Å²) in [6, 6.07) is 25.8. The van der Waals surface area contributed by atoms with Gasteiger partial charge in [-0.25, -0.2) is 9.78 Å². The summed E-state index contributed by atoms with van der Waals surface area (Å²) in [5, 5.41) is 10.3. The Kier molecular flexibility index (Phi) is 8.46. The van der Waals surface area contributed by atoms with Crippen molar-refractivity contribution in [2.45, 2.75) is 57.2 Å². The van der Waals surface area contributed by atoms with Gasteiger partial charge in [-0.05, 0) is 51.2 Å². The second kappa shape index (κ2) is 14.6. The number of carbonyl (C=O) groups is 3. The van der Waals surface area contributed by atoms with Crippen LogP contribution in [-0.4, -0.2) is 70.3 Å². The number of β-lactam (4-membered cyclic amide) rings is 1. The standard InChI is InChI=1S/C35H37N5O9S2/c1-33(2,3)48-27(41)21-47-39-28(30(42)37-29-31(43)40(34(29,4)5)49-51(44,45)46)26-22-50-32(36-26)38-35(23-15-9-6-10-16-23,24-17-11-7-12-18-24)25-19-13-8-14-20-25/h6-20,22,29H,21H2,1-5H3,(H,36,38)(H,37,42)(H,44,45,46)/b39-28-/t29-/m1/s1/i4D3,5D3. The first-order chi connectivity index (χ1) is 26.5. The van der Waals surface area contributed by atoms with Gasteiger partial charge in [-0.1, -0.05) is 96.2 Å². The molecule has 0 bridgehead atoms. The van der Waals surface area contributed by atoms with Gasteiger partial charge in [-0.2, -0.15) is 13.5 Å². The minimum absolute atomic E-state index is 0.209. The number of aromatic nitrogens is 1. The predicted octanol–water partition coefficient (Wildman–Crippen LogP) is 4.45. The van der Waals surface area contributed by atoms with E-state index in [1.165, 1.54) is 5.38 Å². The Hall–Kier alpha value is -5.16. The molecule has 16 heteroatoms. The lowest BCUT2D eigenvalue weighted by Crippen LogP contribution is -2.76. The first kappa shape index (κ1) is 29.6. The number of nitrogens with zero attached hydrogens (tertiary/aromatic N) is 3. The van der Waals surface area contributed by atoms with Crippen LogP contribution in [0.4, 0.5) is 5.13 Å². The molecule has 3 N–H and O–H groups in total. The van der Waals surface area contributed by atoms with Crippen LogP contribution in [0, 0.1) is 0 Å². The van der Waals surface area contributed by atoms with Crippen molar-refractivity contribution in [3.8, 4) is 0 Å². The Bertz CT molecular complexity index is 2120. The number of ether oxygens (including phenoxy) is 1. The van der Waals surface area contributed by atoms with E-state index in [-0.39, 0.29) is 10.8 Å². The lowest BCUT2D eigenvalue weighted by Gasteiger charge is -2.50. The molecule has 3 aromatic carbocycles. The van der Waals surface area contributed by atoms with E-state index in [1.54, 1.807) is 20.8 Å². The lowest BCUT2D eigenvalue weighted by atomic mass is 9.77. The highest BCUT2D eigenvalue weighted by Gasteiger charge is 2.58. The monoisotopic (exact) mass is 741 g/mol. The third kappa shape index (κ3) is 8.42. The molecule has 1 aliphatic heterocycles. The van der Waals surface area contributed by atoms with E-state index in [1.807, 2.05) is 96.3 Å². The van der Waals surface area contributed by atoms with Crippen LogP contribution in [0.1, 0.15) is 65.1 Å². The molecule has 14 nitrogen and oxygen atoms in total. The molecule has 1 fully saturated rings. The molecule has 1 aliphatic rings. The van der Waals surface area contributed by atoms with Crippen molar-refractivity contribution in [2.75, 3.05) is 11.9 Å². The Morgan fingerprint density at radius 3 is 1.98 bits per heavy atom. The lowest BCUT2D eigenvalue weighted by molar-refractivity contribution is -0.218. The number of anilines is 1. The van der Waals surface area contributed by atoms with Gasteiger partial charge in [0.2, 0.25) is 6.61 Å². The average molecular weight is 742 g/mol. The highest BCUT2D eigenvalue weighted by Crippen LogP contribution is 2.41. The average Bonchev–Trinajstić information content (AvgIpc) is 3.58. The van der Waals surface area contributed by atoms with E-state index in [4.69, 9.17) is 17.8 Å². The first-order valence-corrected chi connectivity index (χ1v) is 17.4. The molecule has 0 spiro atoms. The summed E-state index contributed by atoms with van der Waals surface area (Å²) in [4.78, 5) is 49.4. The van der Waals surface area contributed by atoms with Crippen LogP contribution in [0.15, 0.2) is 102 Å². The largest absolute Gasteiger partial charge is 0.457 e. The number of rotatable bonds is 13. The van der Waals surface area contributed by atoms with Gasteiger partial charge in [0.25, 0.3) is 11.8 Å². The second-order valence-electron chi connectivity index (χ2n) is 12.1. The van der Waals surface area contributed by atoms with Gasteiger partial charge < -0.3 is 20.2 Å². The molecule has 1 atom stereocenters. The number of carbonyl (C=O) groups excluding carboxylic acids is 3. The summed E-state index contributed by atoms with van der Waals surface area (Å²) < 4.78 is 90.0. The summed E-state index contributed by atoms with van der Waals surface area (Å²) in [7, 11) is -5.64. The fourth-order valence-electron chi connectivity index (χ4n) is 5.18. The number of benzene rings is 3. The highest BCUT2D eigenvalue weighted by atomic mass is 32.3. The van der Waals surface area contributed by atoms with Crippen molar-refractivity contribution < 1.29 is 49.4 Å². The number of hydroxylamine groups is 2. The molecule has 2 heterocycles. The minimum atomic E-state index is -5.64. The summed E-state index contributed by atoms with van der Waals surface area (Å²) >= 11 is 1.01. The van der Waals surface area contributed by atoms with E-state index in [0.717, 1.165) is 28.0 Å². The van der Waals surface area contributed by atoms with Crippen LogP contribution in [0.2, 0.25) is 0 Å². The van der Waals surface area contributed by atoms with Crippen LogP contribution in [0.5, 0.6) is 0 Å². The second-order valence-corrected chi connectivity index (χ2v) is 14.0. The highest BCUT2D eigenvalue weighted by molar-refractivity contribution is 7.80. The quantitative estimate of drug-likeness (QED) is 0.0439. The molecule has 1 saturated heterocycles. The van der Waals surface area contributed by atoms with Crippen molar-refractivity contribution >= 4 is 50.4 Å². The molecule has 0 saturated carbocycles. The normalized spacial score (nSPS) is 18.4. The predicted molar refractivity (Wildman–Crippen MR) is 189 cm³/mol. The van der Waals surface area contributed by atoms with Crippen LogP contribution in [-0.2, 0) is 44.2 Å². The molecular formula is C35H37N5O9S2. The number of hydrogen-bond donors (Lipinski definition) is 3. The molecular weight excluding hydrogens is 699 g/mol. The number of esters is 1. The molecule has 5 rings (SSSR count). The van der Waals surface area contributed by atoms with Gasteiger partial charge >= 0.3 is 16.4 Å². The SMILES string of the molecule is [2H]C([2H])([2H])C1(C([2H])([2H])[2H])[C@H](NC(=O)/C(=N\OCC(=O)OC(C)(C)C)c2csc(NC(c3ccccc3)(c3ccccc3)c3ccccc3)n2)C(=O)N1OS(=O)(=O)O. The fourth-order valence-corrected chi connectivity index (χ4v) is 6.31. The van der Waals surface area contributed by atoms with Gasteiger partial charge in [0.15, 0.2) is 10.8 Å². The maximum absolute atomic E-state index is 14.0. The van der Waals surface area contributed by atoms with Crippen molar-refractivity contribution in [1.29, 1.82) is 0 Å². The van der Waals surface area contributed by atoms with E-state index >= 15 is 0 Å². The van der Waals surface area contributed by atoms with Crippen molar-refractivity contribution in [1.82, 2.24) is 15.4 Å². The van der Waals surface area contributed by atoms with Crippen LogP contribution < -0.4 is 10.6 Å². The zero-order valence-electron chi connectivity index (χ0n) is 33.4.